The number of aliphatic carboxylic acids is 1. The lowest BCUT2D eigenvalue weighted by Gasteiger charge is -2.31. The van der Waals surface area contributed by atoms with Gasteiger partial charge >= 0.3 is 12.0 Å². The molecule has 9 nitrogen and oxygen atoms in total. The number of carboxylic acids is 1. The Bertz CT molecular complexity index is 362. The zero-order chi connectivity index (χ0) is 15.0. The quantitative estimate of drug-likeness (QED) is 0.496. The average molecular weight is 289 g/mol. The van der Waals surface area contributed by atoms with E-state index in [4.69, 9.17) is 14.6 Å². The molecule has 114 valence electrons. The van der Waals surface area contributed by atoms with Gasteiger partial charge in [0.15, 0.2) is 0 Å². The highest BCUT2D eigenvalue weighted by molar-refractivity contribution is 5.95. The number of imide groups is 1. The van der Waals surface area contributed by atoms with Gasteiger partial charge in [-0.3, -0.25) is 19.8 Å². The summed E-state index contributed by atoms with van der Waals surface area (Å²) in [6.45, 7) is 1.17. The number of morpholine rings is 1. The number of carbonyl (C=O) groups is 3. The van der Waals surface area contributed by atoms with Gasteiger partial charge < -0.3 is 19.9 Å². The molecular formula is C11H19N3O6. The molecule has 0 aromatic carbocycles. The van der Waals surface area contributed by atoms with Crippen molar-refractivity contribution < 1.29 is 29.0 Å². The first-order valence-electron chi connectivity index (χ1n) is 6.15. The summed E-state index contributed by atoms with van der Waals surface area (Å²) in [7, 11) is 1.50. The number of carboxylic acid groups (broad SMARTS) is 1. The minimum absolute atomic E-state index is 0.0304. The van der Waals surface area contributed by atoms with Crippen LogP contribution < -0.4 is 10.6 Å². The van der Waals surface area contributed by atoms with Crippen LogP contribution in [-0.2, 0) is 19.1 Å². The van der Waals surface area contributed by atoms with Crippen LogP contribution in [-0.4, -0.2) is 80.5 Å². The van der Waals surface area contributed by atoms with Crippen molar-refractivity contribution in [3.05, 3.63) is 0 Å². The van der Waals surface area contributed by atoms with Crippen LogP contribution in [0.25, 0.3) is 0 Å². The van der Waals surface area contributed by atoms with Crippen molar-refractivity contribution in [3.63, 3.8) is 0 Å². The summed E-state index contributed by atoms with van der Waals surface area (Å²) in [4.78, 5) is 35.4. The number of methoxy groups -OCH3 is 1. The van der Waals surface area contributed by atoms with E-state index < -0.39 is 23.9 Å². The first-order chi connectivity index (χ1) is 9.54. The number of urea groups is 1. The van der Waals surface area contributed by atoms with Crippen molar-refractivity contribution in [3.8, 4) is 0 Å². The van der Waals surface area contributed by atoms with Gasteiger partial charge in [-0.25, -0.2) is 4.79 Å². The SMILES string of the molecule is COCCNC(=O)NC(=O)CN1CCOCC1C(=O)O. The van der Waals surface area contributed by atoms with Gasteiger partial charge in [-0.2, -0.15) is 0 Å². The first-order valence-corrected chi connectivity index (χ1v) is 6.15. The number of nitrogens with zero attached hydrogens (tertiary/aromatic N) is 1. The second-order valence-corrected chi connectivity index (χ2v) is 4.20. The molecule has 3 amide bonds. The fraction of sp³-hybridized carbons (Fsp3) is 0.727. The van der Waals surface area contributed by atoms with E-state index in [0.717, 1.165) is 0 Å². The molecule has 3 N–H and O–H groups in total. The van der Waals surface area contributed by atoms with Crippen LogP contribution in [0.3, 0.4) is 0 Å². The molecule has 9 heteroatoms. The minimum atomic E-state index is -1.05. The molecule has 0 aromatic heterocycles. The Labute approximate surface area is 116 Å². The van der Waals surface area contributed by atoms with E-state index in [1.807, 2.05) is 0 Å². The maximum absolute atomic E-state index is 11.6. The minimum Gasteiger partial charge on any atom is -0.480 e. The molecule has 1 rings (SSSR count). The molecule has 1 saturated heterocycles. The van der Waals surface area contributed by atoms with Gasteiger partial charge in [-0.15, -0.1) is 0 Å². The van der Waals surface area contributed by atoms with E-state index in [9.17, 15) is 14.4 Å². The topological polar surface area (TPSA) is 117 Å². The number of hydrogen-bond donors (Lipinski definition) is 3. The van der Waals surface area contributed by atoms with Gasteiger partial charge in [-0.05, 0) is 0 Å². The van der Waals surface area contributed by atoms with Gasteiger partial charge in [0.05, 0.1) is 26.4 Å². The Kier molecular flexibility index (Phi) is 6.91. The van der Waals surface area contributed by atoms with Crippen molar-refractivity contribution in [2.45, 2.75) is 6.04 Å². The summed E-state index contributed by atoms with van der Waals surface area (Å²) in [6, 6.07) is -1.50. The van der Waals surface area contributed by atoms with Crippen molar-refractivity contribution in [2.24, 2.45) is 0 Å². The highest BCUT2D eigenvalue weighted by atomic mass is 16.5. The molecule has 0 aromatic rings. The summed E-state index contributed by atoms with van der Waals surface area (Å²) in [5, 5.41) is 13.6. The summed E-state index contributed by atoms with van der Waals surface area (Å²) < 4.78 is 9.80. The lowest BCUT2D eigenvalue weighted by Crippen LogP contribution is -2.54. The van der Waals surface area contributed by atoms with Crippen molar-refractivity contribution >= 4 is 17.9 Å². The second kappa shape index (κ2) is 8.46. The maximum atomic E-state index is 11.6. The summed E-state index contributed by atoms with van der Waals surface area (Å²) in [5.74, 6) is -1.62. The predicted octanol–water partition coefficient (Wildman–Crippen LogP) is -1.76. The van der Waals surface area contributed by atoms with Crippen LogP contribution >= 0.6 is 0 Å². The molecule has 0 bridgehead atoms. The Morgan fingerprint density at radius 3 is 2.85 bits per heavy atom. The largest absolute Gasteiger partial charge is 0.480 e. The molecule has 1 unspecified atom stereocenters. The molecule has 0 aliphatic carbocycles. The van der Waals surface area contributed by atoms with Crippen LogP contribution in [0.15, 0.2) is 0 Å². The molecule has 1 aliphatic rings. The lowest BCUT2D eigenvalue weighted by atomic mass is 10.2. The average Bonchev–Trinajstić information content (AvgIpc) is 2.39. The summed E-state index contributed by atoms with van der Waals surface area (Å²) >= 11 is 0. The monoisotopic (exact) mass is 289 g/mol. The van der Waals surface area contributed by atoms with Crippen LogP contribution in [0, 0.1) is 0 Å². The molecule has 1 aliphatic heterocycles. The number of ether oxygens (including phenoxy) is 2. The van der Waals surface area contributed by atoms with E-state index in [2.05, 4.69) is 10.6 Å². The van der Waals surface area contributed by atoms with Gasteiger partial charge in [0.25, 0.3) is 0 Å². The molecular weight excluding hydrogens is 270 g/mol. The van der Waals surface area contributed by atoms with Crippen LogP contribution in [0.4, 0.5) is 4.79 Å². The zero-order valence-corrected chi connectivity index (χ0v) is 11.3. The molecule has 1 fully saturated rings. The summed E-state index contributed by atoms with van der Waals surface area (Å²) in [5.41, 5.74) is 0. The Morgan fingerprint density at radius 1 is 1.45 bits per heavy atom. The Morgan fingerprint density at radius 2 is 2.20 bits per heavy atom. The van der Waals surface area contributed by atoms with Crippen molar-refractivity contribution in [1.82, 2.24) is 15.5 Å². The van der Waals surface area contributed by atoms with E-state index >= 15 is 0 Å². The van der Waals surface area contributed by atoms with Crippen LogP contribution in [0.5, 0.6) is 0 Å². The maximum Gasteiger partial charge on any atom is 0.323 e. The molecule has 20 heavy (non-hydrogen) atoms. The first kappa shape index (κ1) is 16.3. The number of amides is 3. The number of hydrogen-bond acceptors (Lipinski definition) is 6. The fourth-order valence-corrected chi connectivity index (χ4v) is 1.72. The Balaban J connectivity index is 2.36. The molecule has 0 saturated carbocycles. The van der Waals surface area contributed by atoms with E-state index in [1.54, 1.807) is 0 Å². The molecule has 0 radical (unpaired) electrons. The van der Waals surface area contributed by atoms with Gasteiger partial charge in [0.1, 0.15) is 6.04 Å². The molecule has 1 atom stereocenters. The van der Waals surface area contributed by atoms with Crippen molar-refractivity contribution in [1.29, 1.82) is 0 Å². The smallest absolute Gasteiger partial charge is 0.323 e. The zero-order valence-electron chi connectivity index (χ0n) is 11.3. The summed E-state index contributed by atoms with van der Waals surface area (Å²) in [6.07, 6.45) is 0. The number of nitrogens with one attached hydrogen (secondary N) is 2. The standard InChI is InChI=1S/C11H19N3O6/c1-19-4-2-12-11(18)13-9(15)6-14-3-5-20-7-8(14)10(16)17/h8H,2-7H2,1H3,(H,16,17)(H2,12,13,15,18). The third-order valence-electron chi connectivity index (χ3n) is 2.72. The molecule has 1 heterocycles. The fourth-order valence-electron chi connectivity index (χ4n) is 1.72. The van der Waals surface area contributed by atoms with Gasteiger partial charge in [-0.1, -0.05) is 0 Å². The highest BCUT2D eigenvalue weighted by Gasteiger charge is 2.30. The van der Waals surface area contributed by atoms with Gasteiger partial charge in [0.2, 0.25) is 5.91 Å². The number of carbonyl (C=O) groups excluding carboxylic acids is 2. The van der Waals surface area contributed by atoms with Crippen LogP contribution in [0.2, 0.25) is 0 Å². The van der Waals surface area contributed by atoms with Gasteiger partial charge in [0, 0.05) is 20.2 Å². The third kappa shape index (κ3) is 5.51. The van der Waals surface area contributed by atoms with E-state index in [-0.39, 0.29) is 19.7 Å². The second-order valence-electron chi connectivity index (χ2n) is 4.20. The normalized spacial score (nSPS) is 19.4. The van der Waals surface area contributed by atoms with E-state index in [0.29, 0.717) is 19.8 Å². The van der Waals surface area contributed by atoms with E-state index in [1.165, 1.54) is 12.0 Å². The number of rotatable bonds is 6. The third-order valence-corrected chi connectivity index (χ3v) is 2.72. The molecule has 0 spiro atoms. The van der Waals surface area contributed by atoms with Crippen molar-refractivity contribution in [2.75, 3.05) is 46.6 Å². The lowest BCUT2D eigenvalue weighted by molar-refractivity contribution is -0.150. The Hall–Kier alpha value is -1.71. The predicted molar refractivity (Wildman–Crippen MR) is 67.2 cm³/mol. The highest BCUT2D eigenvalue weighted by Crippen LogP contribution is 2.06. The van der Waals surface area contributed by atoms with Crippen LogP contribution in [0.1, 0.15) is 0 Å².